The van der Waals surface area contributed by atoms with E-state index in [1.54, 1.807) is 5.01 Å². The lowest BCUT2D eigenvalue weighted by atomic mass is 10.2. The van der Waals surface area contributed by atoms with E-state index in [9.17, 15) is 14.9 Å². The van der Waals surface area contributed by atoms with Crippen molar-refractivity contribution >= 4 is 17.3 Å². The molecule has 0 radical (unpaired) electrons. The van der Waals surface area contributed by atoms with Gasteiger partial charge in [0.1, 0.15) is 5.92 Å². The number of carbonyl (C=O) groups is 1. The van der Waals surface area contributed by atoms with E-state index in [-0.39, 0.29) is 10.8 Å². The Bertz CT molecular complexity index is 636. The van der Waals surface area contributed by atoms with Crippen LogP contribution in [0.3, 0.4) is 0 Å². The maximum atomic E-state index is 12.2. The molecule has 0 saturated heterocycles. The van der Waals surface area contributed by atoms with Crippen molar-refractivity contribution in [2.75, 3.05) is 5.01 Å². The van der Waals surface area contributed by atoms with E-state index in [0.717, 1.165) is 11.4 Å². The minimum absolute atomic E-state index is 0.302. The van der Waals surface area contributed by atoms with Crippen LogP contribution in [0.2, 0.25) is 0 Å². The number of amides is 1. The van der Waals surface area contributed by atoms with Crippen LogP contribution < -0.4 is 10.4 Å². The fraction of sp³-hybridized carbons (Fsp3) is 0.188. The van der Waals surface area contributed by atoms with Gasteiger partial charge >= 0.3 is 0 Å². The lowest BCUT2D eigenvalue weighted by molar-refractivity contribution is -0.497. The zero-order valence-corrected chi connectivity index (χ0v) is 11.8. The molecule has 1 amide bonds. The molecule has 0 unspecified atom stereocenters. The van der Waals surface area contributed by atoms with Crippen LogP contribution >= 0.6 is 0 Å². The summed E-state index contributed by atoms with van der Waals surface area (Å²) in [6.45, 7) is 0. The van der Waals surface area contributed by atoms with E-state index >= 15 is 0 Å². The van der Waals surface area contributed by atoms with E-state index < -0.39 is 12.0 Å². The maximum Gasteiger partial charge on any atom is 0.249 e. The quantitative estimate of drug-likeness (QED) is 0.679. The lowest BCUT2D eigenvalue weighted by Gasteiger charge is -2.25. The molecular weight excluding hydrogens is 282 g/mol. The highest BCUT2D eigenvalue weighted by Gasteiger charge is 2.53. The van der Waals surface area contributed by atoms with Gasteiger partial charge in [0.2, 0.25) is 11.9 Å². The van der Waals surface area contributed by atoms with Gasteiger partial charge in [-0.2, -0.15) is 0 Å². The Kier molecular flexibility index (Phi) is 3.74. The van der Waals surface area contributed by atoms with Gasteiger partial charge in [-0.15, -0.1) is 0 Å². The molecule has 1 aliphatic rings. The second-order valence-corrected chi connectivity index (χ2v) is 5.18. The summed E-state index contributed by atoms with van der Waals surface area (Å²) in [5.74, 6) is -0.876. The lowest BCUT2D eigenvalue weighted by Crippen LogP contribution is -2.40. The Hall–Kier alpha value is -2.89. The number of nitrogens with one attached hydrogen (secondary N) is 1. The van der Waals surface area contributed by atoms with Crippen LogP contribution in [0.5, 0.6) is 0 Å². The zero-order chi connectivity index (χ0) is 15.5. The second-order valence-electron chi connectivity index (χ2n) is 5.18. The number of benzene rings is 2. The van der Waals surface area contributed by atoms with Gasteiger partial charge in [0.15, 0.2) is 0 Å². The Morgan fingerprint density at radius 3 is 1.95 bits per heavy atom. The number of hydrogen-bond donors (Lipinski definition) is 1. The molecule has 1 saturated carbocycles. The first-order chi connectivity index (χ1) is 10.7. The highest BCUT2D eigenvalue weighted by molar-refractivity contribution is 5.85. The summed E-state index contributed by atoms with van der Waals surface area (Å²) in [6, 6.07) is 18.0. The molecule has 6 nitrogen and oxygen atoms in total. The summed E-state index contributed by atoms with van der Waals surface area (Å²) >= 11 is 0. The van der Waals surface area contributed by atoms with Gasteiger partial charge in [0, 0.05) is 11.3 Å². The topological polar surface area (TPSA) is 75.5 Å². The van der Waals surface area contributed by atoms with Crippen molar-refractivity contribution in [1.82, 2.24) is 5.43 Å². The molecule has 0 aromatic heterocycles. The fourth-order valence-electron chi connectivity index (χ4n) is 2.32. The van der Waals surface area contributed by atoms with Crippen LogP contribution in [0.1, 0.15) is 6.42 Å². The van der Waals surface area contributed by atoms with E-state index in [1.165, 1.54) is 0 Å². The van der Waals surface area contributed by atoms with Gasteiger partial charge in [-0.05, 0) is 24.3 Å². The summed E-state index contributed by atoms with van der Waals surface area (Å²) in [5, 5.41) is 12.4. The third kappa shape index (κ3) is 2.90. The number of hydrazine groups is 1. The van der Waals surface area contributed by atoms with Gasteiger partial charge < -0.3 is 0 Å². The second kappa shape index (κ2) is 5.85. The summed E-state index contributed by atoms with van der Waals surface area (Å²) in [5.41, 5.74) is 4.37. The third-order valence-electron chi connectivity index (χ3n) is 3.62. The molecular formula is C16H15N3O3. The average molecular weight is 297 g/mol. The molecule has 1 N–H and O–H groups in total. The van der Waals surface area contributed by atoms with Crippen molar-refractivity contribution in [3.8, 4) is 0 Å². The smallest absolute Gasteiger partial charge is 0.249 e. The minimum atomic E-state index is -0.756. The number of hydrogen-bond acceptors (Lipinski definition) is 4. The van der Waals surface area contributed by atoms with Crippen LogP contribution in [0.15, 0.2) is 60.7 Å². The first-order valence-electron chi connectivity index (χ1n) is 7.01. The first-order valence-corrected chi connectivity index (χ1v) is 7.01. The summed E-state index contributed by atoms with van der Waals surface area (Å²) in [4.78, 5) is 22.5. The molecule has 22 heavy (non-hydrogen) atoms. The van der Waals surface area contributed by atoms with Crippen molar-refractivity contribution in [3.63, 3.8) is 0 Å². The van der Waals surface area contributed by atoms with E-state index in [4.69, 9.17) is 0 Å². The van der Waals surface area contributed by atoms with Gasteiger partial charge in [0.05, 0.1) is 11.4 Å². The predicted molar refractivity (Wildman–Crippen MR) is 82.1 cm³/mol. The normalized spacial score (nSPS) is 19.3. The van der Waals surface area contributed by atoms with Crippen LogP contribution in [-0.4, -0.2) is 16.9 Å². The molecule has 112 valence electrons. The minimum Gasteiger partial charge on any atom is -0.273 e. The standard InChI is InChI=1S/C16H15N3O3/c20-16(14-11-15(14)19(21)22)17-18(12-7-3-1-4-8-12)13-9-5-2-6-10-13/h1-10,14-15H,11H2,(H,17,20)/t14-,15+/m0/s1. The number of anilines is 2. The Morgan fingerprint density at radius 2 is 1.55 bits per heavy atom. The predicted octanol–water partition coefficient (Wildman–Crippen LogP) is 2.52. The molecule has 6 heteroatoms. The molecule has 2 atom stereocenters. The van der Waals surface area contributed by atoms with Gasteiger partial charge in [-0.3, -0.25) is 25.3 Å². The van der Waals surface area contributed by atoms with Gasteiger partial charge in [0.25, 0.3) is 0 Å². The van der Waals surface area contributed by atoms with E-state index in [1.807, 2.05) is 60.7 Å². The molecule has 1 aliphatic carbocycles. The Morgan fingerprint density at radius 1 is 1.05 bits per heavy atom. The third-order valence-corrected chi connectivity index (χ3v) is 3.62. The van der Waals surface area contributed by atoms with Crippen LogP contribution in [0.4, 0.5) is 11.4 Å². The molecule has 3 rings (SSSR count). The van der Waals surface area contributed by atoms with Gasteiger partial charge in [-0.25, -0.2) is 0 Å². The monoisotopic (exact) mass is 297 g/mol. The van der Waals surface area contributed by atoms with Crippen LogP contribution in [0.25, 0.3) is 0 Å². The number of rotatable bonds is 5. The molecule has 0 aliphatic heterocycles. The summed E-state index contributed by atoms with van der Waals surface area (Å²) < 4.78 is 0. The molecule has 2 aromatic carbocycles. The van der Waals surface area contributed by atoms with Crippen molar-refractivity contribution in [2.24, 2.45) is 5.92 Å². The summed E-state index contributed by atoms with van der Waals surface area (Å²) in [7, 11) is 0. The molecule has 0 bridgehead atoms. The highest BCUT2D eigenvalue weighted by atomic mass is 16.6. The molecule has 0 heterocycles. The van der Waals surface area contributed by atoms with Crippen molar-refractivity contribution in [3.05, 3.63) is 70.8 Å². The molecule has 2 aromatic rings. The highest BCUT2D eigenvalue weighted by Crippen LogP contribution is 2.34. The average Bonchev–Trinajstić information content (AvgIpc) is 3.35. The first kappa shape index (κ1) is 14.1. The fourth-order valence-corrected chi connectivity index (χ4v) is 2.32. The van der Waals surface area contributed by atoms with Crippen molar-refractivity contribution in [2.45, 2.75) is 12.5 Å². The maximum absolute atomic E-state index is 12.2. The molecule has 1 fully saturated rings. The number of nitrogens with zero attached hydrogens (tertiary/aromatic N) is 2. The summed E-state index contributed by atoms with van der Waals surface area (Å²) in [6.07, 6.45) is 0.302. The SMILES string of the molecule is O=C(NN(c1ccccc1)c1ccccc1)[C@H]1C[C@H]1[N+](=O)[O-]. The molecule has 0 spiro atoms. The van der Waals surface area contributed by atoms with E-state index in [2.05, 4.69) is 5.43 Å². The van der Waals surface area contributed by atoms with Crippen molar-refractivity contribution < 1.29 is 9.72 Å². The van der Waals surface area contributed by atoms with Crippen molar-refractivity contribution in [1.29, 1.82) is 0 Å². The number of para-hydroxylation sites is 2. The zero-order valence-electron chi connectivity index (χ0n) is 11.8. The van der Waals surface area contributed by atoms with Crippen LogP contribution in [-0.2, 0) is 4.79 Å². The number of carbonyl (C=O) groups excluding carboxylic acids is 1. The largest absolute Gasteiger partial charge is 0.273 e. The number of nitro groups is 1. The Labute approximate surface area is 127 Å². The van der Waals surface area contributed by atoms with Crippen LogP contribution in [0, 0.1) is 16.0 Å². The van der Waals surface area contributed by atoms with Gasteiger partial charge in [-0.1, -0.05) is 36.4 Å². The van der Waals surface area contributed by atoms with E-state index in [0.29, 0.717) is 6.42 Å². The Balaban J connectivity index is 1.81.